The van der Waals surface area contributed by atoms with Gasteiger partial charge in [0.05, 0.1) is 28.9 Å². The summed E-state index contributed by atoms with van der Waals surface area (Å²) in [5, 5.41) is 3.02. The number of benzene rings is 2. The number of rotatable bonds is 4. The second kappa shape index (κ2) is 6.14. The third-order valence-corrected chi connectivity index (χ3v) is 4.98. The molecule has 0 bridgehead atoms. The summed E-state index contributed by atoms with van der Waals surface area (Å²) in [5.74, 6) is 0.461. The van der Waals surface area contributed by atoms with E-state index in [0.717, 1.165) is 33.8 Å². The van der Waals surface area contributed by atoms with Crippen LogP contribution in [0.1, 0.15) is 11.3 Å². The van der Waals surface area contributed by atoms with E-state index in [9.17, 15) is 0 Å². The fourth-order valence-electron chi connectivity index (χ4n) is 2.59. The van der Waals surface area contributed by atoms with Gasteiger partial charge in [-0.05, 0) is 17.7 Å². The van der Waals surface area contributed by atoms with Crippen molar-refractivity contribution in [2.24, 2.45) is 0 Å². The molecule has 3 nitrogen and oxygen atoms in total. The van der Waals surface area contributed by atoms with Gasteiger partial charge in [-0.3, -0.25) is 0 Å². The minimum atomic E-state index is 0.461. The van der Waals surface area contributed by atoms with Crippen molar-refractivity contribution in [3.05, 3.63) is 71.5 Å². The molecule has 5 heteroatoms. The molecular weight excluding hydrogens is 326 g/mol. The first-order valence-electron chi connectivity index (χ1n) is 7.33. The summed E-state index contributed by atoms with van der Waals surface area (Å²) in [5.41, 5.74) is 5.49. The van der Waals surface area contributed by atoms with Crippen molar-refractivity contribution in [2.75, 3.05) is 0 Å². The summed E-state index contributed by atoms with van der Waals surface area (Å²) in [4.78, 5) is 8.95. The van der Waals surface area contributed by atoms with E-state index in [0.29, 0.717) is 5.88 Å². The van der Waals surface area contributed by atoms with Crippen molar-refractivity contribution in [1.82, 2.24) is 14.5 Å². The van der Waals surface area contributed by atoms with E-state index in [1.165, 1.54) is 5.56 Å². The van der Waals surface area contributed by atoms with Gasteiger partial charge in [-0.2, -0.15) is 0 Å². The Kier molecular flexibility index (Phi) is 3.85. The highest BCUT2D eigenvalue weighted by atomic mass is 35.5. The lowest BCUT2D eigenvalue weighted by molar-refractivity contribution is 0.824. The lowest BCUT2D eigenvalue weighted by Gasteiger charge is -2.05. The van der Waals surface area contributed by atoms with Crippen LogP contribution in [0.5, 0.6) is 0 Å². The van der Waals surface area contributed by atoms with Crippen LogP contribution in [0.4, 0.5) is 0 Å². The van der Waals surface area contributed by atoms with Gasteiger partial charge in [0.1, 0.15) is 5.01 Å². The lowest BCUT2D eigenvalue weighted by Crippen LogP contribution is -1.97. The Morgan fingerprint density at radius 2 is 1.87 bits per heavy atom. The number of hydrogen-bond donors (Lipinski definition) is 0. The first kappa shape index (κ1) is 14.4. The smallest absolute Gasteiger partial charge is 0.123 e. The molecule has 0 spiro atoms. The van der Waals surface area contributed by atoms with Crippen LogP contribution in [0.2, 0.25) is 0 Å². The zero-order valence-corrected chi connectivity index (χ0v) is 13.9. The molecule has 2 heterocycles. The molecule has 0 aliphatic heterocycles. The Bertz CT molecular complexity index is 940. The molecule has 0 N–H and O–H groups in total. The number of para-hydroxylation sites is 2. The quantitative estimate of drug-likeness (QED) is 0.493. The average Bonchev–Trinajstić information content (AvgIpc) is 3.23. The van der Waals surface area contributed by atoms with Crippen LogP contribution in [-0.2, 0) is 12.4 Å². The molecule has 0 radical (unpaired) electrons. The van der Waals surface area contributed by atoms with Crippen LogP contribution in [-0.4, -0.2) is 14.5 Å². The van der Waals surface area contributed by atoms with E-state index in [1.54, 1.807) is 11.3 Å². The summed E-state index contributed by atoms with van der Waals surface area (Å²) >= 11 is 7.45. The van der Waals surface area contributed by atoms with Gasteiger partial charge in [-0.1, -0.05) is 36.4 Å². The number of halogens is 1. The molecule has 4 rings (SSSR count). The fourth-order valence-corrected chi connectivity index (χ4v) is 3.64. The fraction of sp³-hybridized carbons (Fsp3) is 0.111. The molecule has 0 saturated carbocycles. The van der Waals surface area contributed by atoms with Crippen LogP contribution in [0, 0.1) is 0 Å². The SMILES string of the molecule is ClCc1csc(-c2ccc(Cn3cnc4ccccc43)cc2)n1. The first-order chi connectivity index (χ1) is 11.3. The van der Waals surface area contributed by atoms with Gasteiger partial charge in [-0.25, -0.2) is 9.97 Å². The van der Waals surface area contributed by atoms with E-state index in [4.69, 9.17) is 11.6 Å². The number of imidazole rings is 1. The molecule has 0 aliphatic carbocycles. The zero-order chi connectivity index (χ0) is 15.6. The number of hydrogen-bond acceptors (Lipinski definition) is 3. The molecule has 23 heavy (non-hydrogen) atoms. The van der Waals surface area contributed by atoms with Gasteiger partial charge >= 0.3 is 0 Å². The molecule has 0 unspecified atom stereocenters. The summed E-state index contributed by atoms with van der Waals surface area (Å²) in [7, 11) is 0. The van der Waals surface area contributed by atoms with Gasteiger partial charge in [-0.15, -0.1) is 22.9 Å². The monoisotopic (exact) mass is 339 g/mol. The predicted octanol–water partition coefficient (Wildman–Crippen LogP) is 4.95. The van der Waals surface area contributed by atoms with E-state index in [2.05, 4.69) is 44.9 Å². The molecule has 0 fully saturated rings. The van der Waals surface area contributed by atoms with Crippen molar-refractivity contribution in [2.45, 2.75) is 12.4 Å². The minimum Gasteiger partial charge on any atom is -0.326 e. The molecular formula is C18H14ClN3S. The summed E-state index contributed by atoms with van der Waals surface area (Å²) in [6.45, 7) is 0.811. The third-order valence-electron chi connectivity index (χ3n) is 3.77. The largest absolute Gasteiger partial charge is 0.326 e. The zero-order valence-electron chi connectivity index (χ0n) is 12.3. The summed E-state index contributed by atoms with van der Waals surface area (Å²) in [6.07, 6.45) is 1.89. The van der Waals surface area contributed by atoms with Gasteiger partial charge < -0.3 is 4.57 Å². The third kappa shape index (κ3) is 2.87. The number of nitrogens with zero attached hydrogens (tertiary/aromatic N) is 3. The topological polar surface area (TPSA) is 30.7 Å². The Hall–Kier alpha value is -2.17. The van der Waals surface area contributed by atoms with Crippen molar-refractivity contribution >= 4 is 34.0 Å². The van der Waals surface area contributed by atoms with Crippen molar-refractivity contribution < 1.29 is 0 Å². The molecule has 4 aromatic rings. The Balaban J connectivity index is 1.58. The van der Waals surface area contributed by atoms with Gasteiger partial charge in [0.25, 0.3) is 0 Å². The number of fused-ring (bicyclic) bond motifs is 1. The van der Waals surface area contributed by atoms with Crippen LogP contribution < -0.4 is 0 Å². The van der Waals surface area contributed by atoms with E-state index in [-0.39, 0.29) is 0 Å². The van der Waals surface area contributed by atoms with Crippen molar-refractivity contribution in [1.29, 1.82) is 0 Å². The summed E-state index contributed by atoms with van der Waals surface area (Å²) < 4.78 is 2.17. The van der Waals surface area contributed by atoms with Gasteiger partial charge in [0.15, 0.2) is 0 Å². The average molecular weight is 340 g/mol. The minimum absolute atomic E-state index is 0.461. The number of thiazole rings is 1. The highest BCUT2D eigenvalue weighted by Gasteiger charge is 2.06. The van der Waals surface area contributed by atoms with Crippen molar-refractivity contribution in [3.8, 4) is 10.6 Å². The molecule has 2 aromatic carbocycles. The van der Waals surface area contributed by atoms with Crippen LogP contribution in [0.25, 0.3) is 21.6 Å². The first-order valence-corrected chi connectivity index (χ1v) is 8.74. The van der Waals surface area contributed by atoms with E-state index in [1.807, 2.05) is 29.9 Å². The maximum atomic E-state index is 5.82. The summed E-state index contributed by atoms with van der Waals surface area (Å²) in [6, 6.07) is 16.7. The maximum Gasteiger partial charge on any atom is 0.123 e. The molecule has 114 valence electrons. The van der Waals surface area contributed by atoms with Crippen LogP contribution >= 0.6 is 22.9 Å². The highest BCUT2D eigenvalue weighted by molar-refractivity contribution is 7.13. The molecule has 2 aromatic heterocycles. The van der Waals surface area contributed by atoms with Gasteiger partial charge in [0.2, 0.25) is 0 Å². The van der Waals surface area contributed by atoms with Crippen LogP contribution in [0.15, 0.2) is 60.2 Å². The number of alkyl halides is 1. The van der Waals surface area contributed by atoms with E-state index < -0.39 is 0 Å². The van der Waals surface area contributed by atoms with Gasteiger partial charge in [0, 0.05) is 17.5 Å². The molecule has 0 atom stereocenters. The second-order valence-electron chi connectivity index (χ2n) is 5.34. The van der Waals surface area contributed by atoms with E-state index >= 15 is 0 Å². The molecule has 0 amide bonds. The molecule has 0 aliphatic rings. The predicted molar refractivity (Wildman–Crippen MR) is 95.9 cm³/mol. The molecule has 0 saturated heterocycles. The standard InChI is InChI=1S/C18H14ClN3S/c19-9-15-11-23-18(21-15)14-7-5-13(6-8-14)10-22-12-20-16-3-1-2-4-17(16)22/h1-8,11-12H,9-10H2. The second-order valence-corrected chi connectivity index (χ2v) is 6.46. The highest BCUT2D eigenvalue weighted by Crippen LogP contribution is 2.25. The van der Waals surface area contributed by atoms with Crippen LogP contribution in [0.3, 0.4) is 0 Å². The Labute approximate surface area is 143 Å². The number of aromatic nitrogens is 3. The maximum absolute atomic E-state index is 5.82. The Morgan fingerprint density at radius 3 is 2.65 bits per heavy atom. The lowest BCUT2D eigenvalue weighted by atomic mass is 10.1. The van der Waals surface area contributed by atoms with Crippen molar-refractivity contribution in [3.63, 3.8) is 0 Å². The Morgan fingerprint density at radius 1 is 1.04 bits per heavy atom. The normalized spacial score (nSPS) is 11.2.